The highest BCUT2D eigenvalue weighted by molar-refractivity contribution is 7.92. The number of nitrogens with one attached hydrogen (secondary N) is 2. The monoisotopic (exact) mass is 448 g/mol. The van der Waals surface area contributed by atoms with Gasteiger partial charge in [-0.05, 0) is 61.5 Å². The number of sulfonamides is 1. The molecule has 9 heteroatoms. The highest BCUT2D eigenvalue weighted by Gasteiger charge is 2.20. The lowest BCUT2D eigenvalue weighted by molar-refractivity contribution is 0.102. The van der Waals surface area contributed by atoms with Crippen LogP contribution in [0.1, 0.15) is 17.3 Å². The summed E-state index contributed by atoms with van der Waals surface area (Å²) in [6, 6.07) is 15.7. The molecule has 0 atom stereocenters. The Hall–Kier alpha value is -3.10. The zero-order chi connectivity index (χ0) is 21.7. The number of para-hydroxylation sites is 1. The van der Waals surface area contributed by atoms with Gasteiger partial charge in [0.05, 0.1) is 27.8 Å². The number of anilines is 2. The lowest BCUT2D eigenvalue weighted by atomic mass is 10.2. The summed E-state index contributed by atoms with van der Waals surface area (Å²) in [4.78, 5) is 12.4. The predicted octanol–water partition coefficient (Wildman–Crippen LogP) is 4.93. The molecule has 156 valence electrons. The molecule has 0 unspecified atom stereocenters. The zero-order valence-corrected chi connectivity index (χ0v) is 17.4. The Morgan fingerprint density at radius 3 is 2.43 bits per heavy atom. The number of benzene rings is 3. The van der Waals surface area contributed by atoms with Crippen LogP contribution < -0.4 is 14.8 Å². The molecule has 0 aliphatic heterocycles. The molecule has 0 saturated heterocycles. The van der Waals surface area contributed by atoms with Gasteiger partial charge in [-0.25, -0.2) is 12.8 Å². The molecule has 1 amide bonds. The average Bonchev–Trinajstić information content (AvgIpc) is 2.71. The summed E-state index contributed by atoms with van der Waals surface area (Å²) >= 11 is 6.07. The Morgan fingerprint density at radius 1 is 1.07 bits per heavy atom. The van der Waals surface area contributed by atoms with Crippen LogP contribution in [0.15, 0.2) is 71.6 Å². The fraction of sp³-hybridized carbons (Fsp3) is 0.0952. The number of amides is 1. The first-order chi connectivity index (χ1) is 14.3. The van der Waals surface area contributed by atoms with Gasteiger partial charge in [-0.1, -0.05) is 23.7 Å². The van der Waals surface area contributed by atoms with Crippen molar-refractivity contribution in [3.05, 3.63) is 83.1 Å². The molecule has 0 aliphatic rings. The smallest absolute Gasteiger partial charge is 0.261 e. The summed E-state index contributed by atoms with van der Waals surface area (Å²) in [6.45, 7) is 2.34. The number of hydrogen-bond donors (Lipinski definition) is 2. The lowest BCUT2D eigenvalue weighted by Gasteiger charge is -2.12. The molecule has 2 N–H and O–H groups in total. The molecule has 6 nitrogen and oxygen atoms in total. The molecular formula is C21H18ClFN2O4S. The van der Waals surface area contributed by atoms with Crippen molar-refractivity contribution in [2.24, 2.45) is 0 Å². The van der Waals surface area contributed by atoms with Crippen LogP contribution in [-0.4, -0.2) is 20.9 Å². The van der Waals surface area contributed by atoms with E-state index >= 15 is 0 Å². The first-order valence-electron chi connectivity index (χ1n) is 8.91. The van der Waals surface area contributed by atoms with E-state index in [1.54, 1.807) is 30.3 Å². The van der Waals surface area contributed by atoms with Gasteiger partial charge >= 0.3 is 0 Å². The van der Waals surface area contributed by atoms with Gasteiger partial charge in [0.15, 0.2) is 0 Å². The third kappa shape index (κ3) is 5.08. The molecule has 0 radical (unpaired) electrons. The molecule has 0 heterocycles. The Bertz CT molecular complexity index is 1170. The van der Waals surface area contributed by atoms with E-state index < -0.39 is 21.7 Å². The summed E-state index contributed by atoms with van der Waals surface area (Å²) in [7, 11) is -4.00. The normalized spacial score (nSPS) is 11.0. The molecule has 30 heavy (non-hydrogen) atoms. The molecule has 3 aromatic rings. The van der Waals surface area contributed by atoms with Crippen molar-refractivity contribution in [3.63, 3.8) is 0 Å². The topological polar surface area (TPSA) is 84.5 Å². The molecule has 3 rings (SSSR count). The largest absolute Gasteiger partial charge is 0.494 e. The maximum Gasteiger partial charge on any atom is 0.261 e. The summed E-state index contributed by atoms with van der Waals surface area (Å²) in [5, 5.41) is 2.42. The molecule has 0 aliphatic carbocycles. The summed E-state index contributed by atoms with van der Waals surface area (Å²) in [5.41, 5.74) is 0.180. The maximum absolute atomic E-state index is 13.8. The lowest BCUT2D eigenvalue weighted by Crippen LogP contribution is -2.17. The van der Waals surface area contributed by atoms with Crippen molar-refractivity contribution in [1.29, 1.82) is 0 Å². The second-order valence-electron chi connectivity index (χ2n) is 6.14. The highest BCUT2D eigenvalue weighted by atomic mass is 35.5. The summed E-state index contributed by atoms with van der Waals surface area (Å²) < 4.78 is 47.0. The first kappa shape index (κ1) is 21.6. The van der Waals surface area contributed by atoms with Gasteiger partial charge in [0, 0.05) is 5.69 Å². The molecule has 0 fully saturated rings. The van der Waals surface area contributed by atoms with E-state index in [1.807, 2.05) is 6.92 Å². The number of ether oxygens (including phenoxy) is 1. The third-order valence-electron chi connectivity index (χ3n) is 4.03. The predicted molar refractivity (Wildman–Crippen MR) is 114 cm³/mol. The van der Waals surface area contributed by atoms with E-state index in [2.05, 4.69) is 10.0 Å². The van der Waals surface area contributed by atoms with Crippen LogP contribution in [0.2, 0.25) is 5.02 Å². The average molecular weight is 449 g/mol. The van der Waals surface area contributed by atoms with Crippen LogP contribution in [0, 0.1) is 5.82 Å². The molecule has 0 bridgehead atoms. The number of carbonyl (C=O) groups is 1. The van der Waals surface area contributed by atoms with Gasteiger partial charge in [0.1, 0.15) is 11.6 Å². The first-order valence-corrected chi connectivity index (χ1v) is 10.8. The van der Waals surface area contributed by atoms with Crippen molar-refractivity contribution >= 4 is 38.9 Å². The molecule has 3 aromatic carbocycles. The van der Waals surface area contributed by atoms with Gasteiger partial charge in [0.25, 0.3) is 15.9 Å². The van der Waals surface area contributed by atoms with Crippen molar-refractivity contribution in [1.82, 2.24) is 0 Å². The highest BCUT2D eigenvalue weighted by Crippen LogP contribution is 2.25. The van der Waals surface area contributed by atoms with Crippen LogP contribution in [0.3, 0.4) is 0 Å². The van der Waals surface area contributed by atoms with Crippen molar-refractivity contribution in [2.45, 2.75) is 11.8 Å². The van der Waals surface area contributed by atoms with E-state index in [1.165, 1.54) is 30.3 Å². The number of carbonyl (C=O) groups excluding carboxylic acids is 1. The minimum Gasteiger partial charge on any atom is -0.494 e. The van der Waals surface area contributed by atoms with E-state index in [-0.39, 0.29) is 21.2 Å². The second kappa shape index (κ2) is 9.15. The molecule has 0 saturated carbocycles. The summed E-state index contributed by atoms with van der Waals surface area (Å²) in [6.07, 6.45) is 0. The van der Waals surface area contributed by atoms with Gasteiger partial charge in [0.2, 0.25) is 0 Å². The van der Waals surface area contributed by atoms with E-state index in [0.717, 1.165) is 6.07 Å². The Balaban J connectivity index is 1.84. The van der Waals surface area contributed by atoms with Crippen LogP contribution in [-0.2, 0) is 10.0 Å². The Labute approximate surface area is 178 Å². The van der Waals surface area contributed by atoms with Crippen molar-refractivity contribution in [2.75, 3.05) is 16.6 Å². The van der Waals surface area contributed by atoms with Crippen LogP contribution in [0.25, 0.3) is 0 Å². The standard InChI is InChI=1S/C21H18ClFN2O4S/c1-2-29-15-9-7-14(8-10-15)25-30(27,28)16-11-12-18(22)17(13-16)21(26)24-20-6-4-3-5-19(20)23/h3-13,25H,2H2,1H3,(H,24,26). The molecule has 0 aromatic heterocycles. The van der Waals surface area contributed by atoms with Gasteiger partial charge in [-0.3, -0.25) is 9.52 Å². The fourth-order valence-corrected chi connectivity index (χ4v) is 3.89. The van der Waals surface area contributed by atoms with Crippen LogP contribution in [0.4, 0.5) is 15.8 Å². The van der Waals surface area contributed by atoms with Crippen molar-refractivity contribution < 1.29 is 22.3 Å². The minimum absolute atomic E-state index is 0.0313. The fourth-order valence-electron chi connectivity index (χ4n) is 2.60. The summed E-state index contributed by atoms with van der Waals surface area (Å²) in [5.74, 6) is -0.745. The Kier molecular flexibility index (Phi) is 6.59. The van der Waals surface area contributed by atoms with Gasteiger partial charge < -0.3 is 10.1 Å². The van der Waals surface area contributed by atoms with E-state index in [0.29, 0.717) is 18.0 Å². The molecular weight excluding hydrogens is 431 g/mol. The second-order valence-corrected chi connectivity index (χ2v) is 8.23. The van der Waals surface area contributed by atoms with Crippen LogP contribution in [0.5, 0.6) is 5.75 Å². The quantitative estimate of drug-likeness (QED) is 0.536. The van der Waals surface area contributed by atoms with E-state index in [9.17, 15) is 17.6 Å². The zero-order valence-electron chi connectivity index (χ0n) is 15.9. The van der Waals surface area contributed by atoms with E-state index in [4.69, 9.17) is 16.3 Å². The SMILES string of the molecule is CCOc1ccc(NS(=O)(=O)c2ccc(Cl)c(C(=O)Nc3ccccc3F)c2)cc1. The number of halogens is 2. The molecule has 0 spiro atoms. The maximum atomic E-state index is 13.8. The third-order valence-corrected chi connectivity index (χ3v) is 5.74. The Morgan fingerprint density at radius 2 is 1.77 bits per heavy atom. The minimum atomic E-state index is -4.00. The van der Waals surface area contributed by atoms with Crippen molar-refractivity contribution in [3.8, 4) is 5.75 Å². The van der Waals surface area contributed by atoms with Gasteiger partial charge in [-0.15, -0.1) is 0 Å². The number of rotatable bonds is 7. The number of hydrogen-bond acceptors (Lipinski definition) is 4. The van der Waals surface area contributed by atoms with Gasteiger partial charge in [-0.2, -0.15) is 0 Å². The van der Waals surface area contributed by atoms with Crippen LogP contribution >= 0.6 is 11.6 Å².